The van der Waals surface area contributed by atoms with Gasteiger partial charge in [0.05, 0.1) is 17.7 Å². The number of nitrogens with zero attached hydrogens (tertiary/aromatic N) is 1. The van der Waals surface area contributed by atoms with Gasteiger partial charge in [0.1, 0.15) is 31.0 Å². The average molecular weight is 415 g/mol. The number of sulfonamides is 1. The predicted octanol–water partition coefficient (Wildman–Crippen LogP) is 0.356. The normalized spacial score (nSPS) is 22.9. The van der Waals surface area contributed by atoms with Crippen LogP contribution >= 0.6 is 0 Å². The van der Waals surface area contributed by atoms with Crippen molar-refractivity contribution < 1.29 is 27.6 Å². The minimum atomic E-state index is -3.62. The SMILES string of the molecule is CCN(CC)S(=O)(=O)c1ccc(OC)c(NC(=O)C[NH+]2C[C@H](C)O[C@@H](C)C2)c1. The van der Waals surface area contributed by atoms with Crippen LogP contribution in [0.1, 0.15) is 27.7 Å². The van der Waals surface area contributed by atoms with Gasteiger partial charge in [-0.2, -0.15) is 4.31 Å². The molecule has 0 unspecified atom stereocenters. The molecule has 1 amide bonds. The highest BCUT2D eigenvalue weighted by Crippen LogP contribution is 2.28. The zero-order valence-corrected chi connectivity index (χ0v) is 18.1. The van der Waals surface area contributed by atoms with Crippen molar-refractivity contribution in [2.45, 2.75) is 44.8 Å². The molecule has 0 aromatic heterocycles. The van der Waals surface area contributed by atoms with Crippen molar-refractivity contribution in [2.75, 3.05) is 45.2 Å². The number of carbonyl (C=O) groups is 1. The fourth-order valence-electron chi connectivity index (χ4n) is 3.61. The van der Waals surface area contributed by atoms with E-state index in [0.29, 0.717) is 24.5 Å². The summed E-state index contributed by atoms with van der Waals surface area (Å²) in [5, 5.41) is 2.82. The number of carbonyl (C=O) groups excluding carboxylic acids is 1. The predicted molar refractivity (Wildman–Crippen MR) is 107 cm³/mol. The van der Waals surface area contributed by atoms with E-state index in [-0.39, 0.29) is 29.6 Å². The number of hydrogen-bond acceptors (Lipinski definition) is 5. The van der Waals surface area contributed by atoms with E-state index in [1.54, 1.807) is 19.9 Å². The highest BCUT2D eigenvalue weighted by atomic mass is 32.2. The van der Waals surface area contributed by atoms with Gasteiger partial charge in [-0.05, 0) is 32.0 Å². The van der Waals surface area contributed by atoms with Crippen molar-refractivity contribution in [3.63, 3.8) is 0 Å². The van der Waals surface area contributed by atoms with E-state index in [1.807, 2.05) is 13.8 Å². The topological polar surface area (TPSA) is 89.4 Å². The Morgan fingerprint density at radius 1 is 1.25 bits per heavy atom. The van der Waals surface area contributed by atoms with Crippen molar-refractivity contribution >= 4 is 21.6 Å². The molecule has 9 heteroatoms. The highest BCUT2D eigenvalue weighted by molar-refractivity contribution is 7.89. The molecule has 1 saturated heterocycles. The Bertz CT molecular complexity index is 770. The number of morpholine rings is 1. The molecule has 1 aromatic rings. The molecular formula is C19H32N3O5S+. The first-order valence-corrected chi connectivity index (χ1v) is 11.1. The van der Waals surface area contributed by atoms with E-state index in [4.69, 9.17) is 9.47 Å². The van der Waals surface area contributed by atoms with Crippen LogP contribution in [-0.2, 0) is 19.6 Å². The monoisotopic (exact) mass is 414 g/mol. The Morgan fingerprint density at radius 3 is 2.39 bits per heavy atom. The van der Waals surface area contributed by atoms with Crippen LogP contribution < -0.4 is 15.0 Å². The van der Waals surface area contributed by atoms with Crippen LogP contribution in [0.4, 0.5) is 5.69 Å². The van der Waals surface area contributed by atoms with Crippen LogP contribution in [0.15, 0.2) is 23.1 Å². The second-order valence-electron chi connectivity index (χ2n) is 7.09. The summed E-state index contributed by atoms with van der Waals surface area (Å²) in [5.74, 6) is 0.234. The lowest BCUT2D eigenvalue weighted by molar-refractivity contribution is -0.907. The summed E-state index contributed by atoms with van der Waals surface area (Å²) in [7, 11) is -2.14. The zero-order valence-electron chi connectivity index (χ0n) is 17.3. The molecule has 2 atom stereocenters. The lowest BCUT2D eigenvalue weighted by Crippen LogP contribution is -3.16. The van der Waals surface area contributed by atoms with E-state index in [2.05, 4.69) is 5.32 Å². The Hall–Kier alpha value is -1.68. The summed E-state index contributed by atoms with van der Waals surface area (Å²) < 4.78 is 37.9. The molecule has 2 N–H and O–H groups in total. The standard InChI is InChI=1S/C19H31N3O5S/c1-6-22(7-2)28(24,25)16-8-9-18(26-5)17(10-16)20-19(23)13-21-11-14(3)27-15(4)12-21/h8-10,14-15H,6-7,11-13H2,1-5H3,(H,20,23)/p+1/t14-,15-/m0/s1. The molecule has 1 fully saturated rings. The number of hydrogen-bond donors (Lipinski definition) is 2. The fourth-order valence-corrected chi connectivity index (χ4v) is 5.10. The third-order valence-corrected chi connectivity index (χ3v) is 6.86. The van der Waals surface area contributed by atoms with Crippen molar-refractivity contribution in [1.29, 1.82) is 0 Å². The smallest absolute Gasteiger partial charge is 0.279 e. The number of rotatable bonds is 8. The third kappa shape index (κ3) is 5.44. The van der Waals surface area contributed by atoms with Crippen LogP contribution in [0, 0.1) is 0 Å². The van der Waals surface area contributed by atoms with Crippen LogP contribution in [0.5, 0.6) is 5.75 Å². The summed E-state index contributed by atoms with van der Waals surface area (Å²) in [6, 6.07) is 4.53. The number of nitrogens with one attached hydrogen (secondary N) is 2. The summed E-state index contributed by atoms with van der Waals surface area (Å²) in [5.41, 5.74) is 0.356. The van der Waals surface area contributed by atoms with Gasteiger partial charge in [-0.25, -0.2) is 8.42 Å². The first-order chi connectivity index (χ1) is 13.2. The van der Waals surface area contributed by atoms with E-state index in [9.17, 15) is 13.2 Å². The minimum absolute atomic E-state index is 0.101. The first kappa shape index (κ1) is 22.6. The average Bonchev–Trinajstić information content (AvgIpc) is 2.61. The Labute approximate surface area is 167 Å². The van der Waals surface area contributed by atoms with E-state index >= 15 is 0 Å². The van der Waals surface area contributed by atoms with Gasteiger partial charge in [0.25, 0.3) is 5.91 Å². The van der Waals surface area contributed by atoms with Crippen LogP contribution in [0.2, 0.25) is 0 Å². The second kappa shape index (κ2) is 9.69. The van der Waals surface area contributed by atoms with Crippen molar-refractivity contribution in [1.82, 2.24) is 4.31 Å². The van der Waals surface area contributed by atoms with Crippen molar-refractivity contribution in [2.24, 2.45) is 0 Å². The maximum absolute atomic E-state index is 12.8. The van der Waals surface area contributed by atoms with Crippen molar-refractivity contribution in [3.05, 3.63) is 18.2 Å². The molecule has 1 aliphatic heterocycles. The largest absolute Gasteiger partial charge is 0.495 e. The quantitative estimate of drug-likeness (QED) is 0.641. The molecule has 2 rings (SSSR count). The van der Waals surface area contributed by atoms with Gasteiger partial charge in [-0.15, -0.1) is 0 Å². The minimum Gasteiger partial charge on any atom is -0.495 e. The van der Waals surface area contributed by atoms with Gasteiger partial charge in [-0.1, -0.05) is 13.8 Å². The lowest BCUT2D eigenvalue weighted by Gasteiger charge is -2.32. The van der Waals surface area contributed by atoms with Gasteiger partial charge >= 0.3 is 0 Å². The molecular weight excluding hydrogens is 382 g/mol. The van der Waals surface area contributed by atoms with Gasteiger partial charge in [0.2, 0.25) is 10.0 Å². The van der Waals surface area contributed by atoms with Crippen LogP contribution in [-0.4, -0.2) is 70.7 Å². The molecule has 0 spiro atoms. The van der Waals surface area contributed by atoms with Gasteiger partial charge in [-0.3, -0.25) is 4.79 Å². The molecule has 8 nitrogen and oxygen atoms in total. The molecule has 1 heterocycles. The van der Waals surface area contributed by atoms with Crippen LogP contribution in [0.25, 0.3) is 0 Å². The van der Waals surface area contributed by atoms with E-state index in [1.165, 1.54) is 23.5 Å². The van der Waals surface area contributed by atoms with Gasteiger partial charge in [0, 0.05) is 13.1 Å². The summed E-state index contributed by atoms with van der Waals surface area (Å²) >= 11 is 0. The molecule has 0 bridgehead atoms. The number of methoxy groups -OCH3 is 1. The number of benzene rings is 1. The number of quaternary nitrogens is 1. The Balaban J connectivity index is 2.19. The molecule has 1 aliphatic rings. The first-order valence-electron chi connectivity index (χ1n) is 9.68. The molecule has 0 radical (unpaired) electrons. The maximum Gasteiger partial charge on any atom is 0.279 e. The summed E-state index contributed by atoms with van der Waals surface area (Å²) in [6.45, 7) is 10.1. The van der Waals surface area contributed by atoms with Crippen molar-refractivity contribution in [3.8, 4) is 5.75 Å². The van der Waals surface area contributed by atoms with E-state index in [0.717, 1.165) is 18.0 Å². The number of anilines is 1. The number of ether oxygens (including phenoxy) is 2. The molecule has 1 aromatic carbocycles. The fraction of sp³-hybridized carbons (Fsp3) is 0.632. The van der Waals surface area contributed by atoms with Crippen LogP contribution in [0.3, 0.4) is 0 Å². The Kier molecular flexibility index (Phi) is 7.82. The van der Waals surface area contributed by atoms with Gasteiger partial charge in [0.15, 0.2) is 6.54 Å². The molecule has 0 saturated carbocycles. The lowest BCUT2D eigenvalue weighted by atomic mass is 10.2. The second-order valence-corrected chi connectivity index (χ2v) is 9.03. The zero-order chi connectivity index (χ0) is 20.9. The van der Waals surface area contributed by atoms with Gasteiger partial charge < -0.3 is 19.7 Å². The molecule has 158 valence electrons. The molecule has 28 heavy (non-hydrogen) atoms. The Morgan fingerprint density at radius 2 is 1.86 bits per heavy atom. The number of amides is 1. The molecule has 0 aliphatic carbocycles. The summed E-state index contributed by atoms with van der Waals surface area (Å²) in [4.78, 5) is 13.8. The maximum atomic E-state index is 12.8. The summed E-state index contributed by atoms with van der Waals surface area (Å²) in [6.07, 6.45) is 0.201. The van der Waals surface area contributed by atoms with E-state index < -0.39 is 10.0 Å². The third-order valence-electron chi connectivity index (χ3n) is 4.82. The highest BCUT2D eigenvalue weighted by Gasteiger charge is 2.28.